The van der Waals surface area contributed by atoms with Crippen LogP contribution in [0.3, 0.4) is 0 Å². The predicted molar refractivity (Wildman–Crippen MR) is 172 cm³/mol. The molecule has 16 heteroatoms. The third kappa shape index (κ3) is 7.40. The maximum Gasteiger partial charge on any atom is 0.416 e. The fraction of sp³-hybridized carbons (Fsp3) is 0.438. The highest BCUT2D eigenvalue weighted by Gasteiger charge is 2.33. The Morgan fingerprint density at radius 1 is 1.06 bits per heavy atom. The summed E-state index contributed by atoms with van der Waals surface area (Å²) >= 11 is 6.11. The standard InChI is InChI=1S/C32H35ClF3N7O5/c1-6-24-21(17-25(44)38-23-8-7-18(15-22(23)33)32(34,35)36)27-28(40-43(39-27)20-9-12-37-26(16-20)47-5)29(45)42(24)19-10-13-41(14-11-19)30(46)48-31(2,3)4/h7-9,12,15-16,19H,6,10-11,13-14,17H2,1-5H3,(H,38,44). The van der Waals surface area contributed by atoms with Crippen LogP contribution in [0.4, 0.5) is 23.7 Å². The highest BCUT2D eigenvalue weighted by atomic mass is 35.5. The molecule has 1 saturated heterocycles. The monoisotopic (exact) mass is 689 g/mol. The van der Waals surface area contributed by atoms with Crippen molar-refractivity contribution in [3.05, 3.63) is 68.7 Å². The fourth-order valence-electron chi connectivity index (χ4n) is 5.66. The largest absolute Gasteiger partial charge is 0.481 e. The molecule has 12 nitrogen and oxygen atoms in total. The molecule has 0 aliphatic carbocycles. The van der Waals surface area contributed by atoms with Crippen LogP contribution in [0.25, 0.3) is 16.7 Å². The number of methoxy groups -OCH3 is 1. The van der Waals surface area contributed by atoms with Gasteiger partial charge in [0.1, 0.15) is 11.1 Å². The summed E-state index contributed by atoms with van der Waals surface area (Å²) in [5.74, 6) is -0.289. The van der Waals surface area contributed by atoms with Gasteiger partial charge in [-0.2, -0.15) is 13.2 Å². The van der Waals surface area contributed by atoms with Gasteiger partial charge < -0.3 is 24.3 Å². The Kier molecular flexibility index (Phi) is 9.72. The zero-order valence-electron chi connectivity index (χ0n) is 27.0. The second-order valence-corrected chi connectivity index (χ2v) is 12.7. The van der Waals surface area contributed by atoms with E-state index in [1.165, 1.54) is 18.1 Å². The van der Waals surface area contributed by atoms with E-state index in [-0.39, 0.29) is 34.2 Å². The molecule has 5 rings (SSSR count). The summed E-state index contributed by atoms with van der Waals surface area (Å²) in [6, 6.07) is 5.55. The average molecular weight is 690 g/mol. The second-order valence-electron chi connectivity index (χ2n) is 12.3. The number of nitrogens with zero attached hydrogens (tertiary/aromatic N) is 6. The maximum absolute atomic E-state index is 14.2. The Balaban J connectivity index is 1.55. The van der Waals surface area contributed by atoms with Gasteiger partial charge in [0.05, 0.1) is 35.5 Å². The van der Waals surface area contributed by atoms with E-state index in [1.54, 1.807) is 42.4 Å². The number of pyridine rings is 2. The number of ether oxygens (including phenoxy) is 2. The number of amides is 2. The molecule has 3 aromatic heterocycles. The van der Waals surface area contributed by atoms with Gasteiger partial charge >= 0.3 is 12.3 Å². The predicted octanol–water partition coefficient (Wildman–Crippen LogP) is 5.97. The number of hydrogen-bond donors (Lipinski definition) is 1. The van der Waals surface area contributed by atoms with Crippen LogP contribution in [0.5, 0.6) is 5.88 Å². The average Bonchev–Trinajstić information content (AvgIpc) is 3.48. The minimum Gasteiger partial charge on any atom is -0.481 e. The van der Waals surface area contributed by atoms with E-state index in [9.17, 15) is 27.6 Å². The van der Waals surface area contributed by atoms with Crippen LogP contribution in [0, 0.1) is 0 Å². The molecule has 1 aliphatic rings. The number of hydrogen-bond acceptors (Lipinski definition) is 8. The number of aromatic nitrogens is 5. The third-order valence-corrected chi connectivity index (χ3v) is 8.16. The number of piperidine rings is 1. The van der Waals surface area contributed by atoms with Crippen molar-refractivity contribution in [1.82, 2.24) is 29.4 Å². The van der Waals surface area contributed by atoms with Crippen LogP contribution in [0.1, 0.15) is 63.4 Å². The minimum atomic E-state index is -4.60. The van der Waals surface area contributed by atoms with Crippen molar-refractivity contribution in [2.75, 3.05) is 25.5 Å². The van der Waals surface area contributed by atoms with Crippen molar-refractivity contribution >= 4 is 40.3 Å². The number of benzene rings is 1. The molecule has 0 saturated carbocycles. The lowest BCUT2D eigenvalue weighted by Crippen LogP contribution is -2.44. The first kappa shape index (κ1) is 34.7. The molecule has 1 aromatic carbocycles. The molecule has 1 aliphatic heterocycles. The van der Waals surface area contributed by atoms with Gasteiger partial charge in [0.15, 0.2) is 5.52 Å². The number of alkyl halides is 3. The fourth-order valence-corrected chi connectivity index (χ4v) is 5.89. The molecule has 0 bridgehead atoms. The molecule has 1 fully saturated rings. The molecule has 0 atom stereocenters. The van der Waals surface area contributed by atoms with E-state index in [4.69, 9.17) is 21.1 Å². The maximum atomic E-state index is 14.2. The summed E-state index contributed by atoms with van der Waals surface area (Å²) in [7, 11) is 1.46. The minimum absolute atomic E-state index is 0.000620. The number of rotatable bonds is 7. The number of carbonyl (C=O) groups is 2. The van der Waals surface area contributed by atoms with Gasteiger partial charge in [-0.3, -0.25) is 9.59 Å². The van der Waals surface area contributed by atoms with Crippen LogP contribution < -0.4 is 15.6 Å². The van der Waals surface area contributed by atoms with E-state index < -0.39 is 34.9 Å². The number of anilines is 1. The van der Waals surface area contributed by atoms with Crippen molar-refractivity contribution in [2.45, 2.75) is 71.2 Å². The first-order chi connectivity index (χ1) is 22.6. The first-order valence-electron chi connectivity index (χ1n) is 15.3. The quantitative estimate of drug-likeness (QED) is 0.251. The molecule has 1 N–H and O–H groups in total. The summed E-state index contributed by atoms with van der Waals surface area (Å²) < 4.78 is 51.9. The van der Waals surface area contributed by atoms with E-state index in [2.05, 4.69) is 20.5 Å². The van der Waals surface area contributed by atoms with E-state index in [0.717, 1.165) is 18.2 Å². The summed E-state index contributed by atoms with van der Waals surface area (Å²) in [6.45, 7) is 7.91. The van der Waals surface area contributed by atoms with E-state index in [0.29, 0.717) is 55.2 Å². The highest BCUT2D eigenvalue weighted by Crippen LogP contribution is 2.34. The van der Waals surface area contributed by atoms with Gasteiger partial charge in [0, 0.05) is 42.7 Å². The Labute approximate surface area is 278 Å². The normalized spacial score (nSPS) is 14.3. The first-order valence-corrected chi connectivity index (χ1v) is 15.7. The lowest BCUT2D eigenvalue weighted by Gasteiger charge is -2.35. The number of halogens is 4. The van der Waals surface area contributed by atoms with Crippen LogP contribution in [0.2, 0.25) is 5.02 Å². The summed E-state index contributed by atoms with van der Waals surface area (Å²) in [5.41, 5.74) is -0.355. The lowest BCUT2D eigenvalue weighted by molar-refractivity contribution is -0.137. The van der Waals surface area contributed by atoms with Gasteiger partial charge in [-0.15, -0.1) is 15.0 Å². The second kappa shape index (κ2) is 13.5. The third-order valence-electron chi connectivity index (χ3n) is 7.84. The van der Waals surface area contributed by atoms with Crippen LogP contribution in [-0.2, 0) is 28.5 Å². The van der Waals surface area contributed by atoms with E-state index >= 15 is 0 Å². The van der Waals surface area contributed by atoms with Crippen molar-refractivity contribution in [2.24, 2.45) is 0 Å². The molecule has 48 heavy (non-hydrogen) atoms. The number of likely N-dealkylation sites (tertiary alicyclic amines) is 1. The molecular formula is C32H35ClF3N7O5. The van der Waals surface area contributed by atoms with E-state index in [1.807, 2.05) is 6.92 Å². The van der Waals surface area contributed by atoms with Gasteiger partial charge in [-0.1, -0.05) is 18.5 Å². The Hall–Kier alpha value is -4.66. The van der Waals surface area contributed by atoms with Crippen molar-refractivity contribution in [3.63, 3.8) is 0 Å². The Morgan fingerprint density at radius 3 is 2.35 bits per heavy atom. The van der Waals surface area contributed by atoms with Crippen LogP contribution >= 0.6 is 11.6 Å². The van der Waals surface area contributed by atoms with Gasteiger partial charge in [0.2, 0.25) is 11.8 Å². The topological polar surface area (TPSA) is 133 Å². The van der Waals surface area contributed by atoms with Crippen LogP contribution in [-0.4, -0.2) is 67.2 Å². The zero-order chi connectivity index (χ0) is 35.0. The lowest BCUT2D eigenvalue weighted by atomic mass is 10.00. The summed E-state index contributed by atoms with van der Waals surface area (Å²) in [4.78, 5) is 47.3. The van der Waals surface area contributed by atoms with Gasteiger partial charge in [-0.05, 0) is 64.3 Å². The number of carbonyl (C=O) groups excluding carboxylic acids is 2. The van der Waals surface area contributed by atoms with Crippen LogP contribution in [0.15, 0.2) is 41.3 Å². The smallest absolute Gasteiger partial charge is 0.416 e. The Bertz CT molecular complexity index is 1910. The van der Waals surface area contributed by atoms with Gasteiger partial charge in [-0.25, -0.2) is 9.78 Å². The van der Waals surface area contributed by atoms with Crippen molar-refractivity contribution in [1.29, 1.82) is 0 Å². The summed E-state index contributed by atoms with van der Waals surface area (Å²) in [6.07, 6.45) is -2.59. The molecule has 256 valence electrons. The number of nitrogens with one attached hydrogen (secondary N) is 1. The molecule has 0 unspecified atom stereocenters. The molecule has 0 radical (unpaired) electrons. The van der Waals surface area contributed by atoms with Gasteiger partial charge in [0.25, 0.3) is 5.56 Å². The number of fused-ring (bicyclic) bond motifs is 1. The highest BCUT2D eigenvalue weighted by molar-refractivity contribution is 6.33. The summed E-state index contributed by atoms with van der Waals surface area (Å²) in [5, 5.41) is 11.4. The zero-order valence-corrected chi connectivity index (χ0v) is 27.8. The Morgan fingerprint density at radius 2 is 1.75 bits per heavy atom. The van der Waals surface area contributed by atoms with Crippen molar-refractivity contribution in [3.8, 4) is 11.6 Å². The SMILES string of the molecule is CCc1c(CC(=O)Nc2ccc(C(F)(F)F)cc2Cl)c2nn(-c3ccnc(OC)c3)nc2c(=O)n1C1CCN(C(=O)OC(C)(C)C)CC1. The molecular weight excluding hydrogens is 655 g/mol. The molecule has 2 amide bonds. The molecule has 4 aromatic rings. The van der Waals surface area contributed by atoms with Crippen molar-refractivity contribution < 1.29 is 32.2 Å². The molecule has 4 heterocycles. The molecule has 0 spiro atoms.